The third kappa shape index (κ3) is 5.07. The summed E-state index contributed by atoms with van der Waals surface area (Å²) in [6.45, 7) is 7.97. The molecule has 0 aliphatic rings. The molecule has 114 valence electrons. The molecule has 0 atom stereocenters. The van der Waals surface area contributed by atoms with Crippen LogP contribution in [0.5, 0.6) is 0 Å². The molecule has 0 aliphatic heterocycles. The lowest BCUT2D eigenvalue weighted by Gasteiger charge is -2.19. The minimum absolute atomic E-state index is 0.0591. The van der Waals surface area contributed by atoms with E-state index in [1.807, 2.05) is 27.7 Å². The van der Waals surface area contributed by atoms with Crippen LogP contribution in [0.4, 0.5) is 16.2 Å². The molecule has 1 rings (SSSR count). The minimum atomic E-state index is -0.553. The van der Waals surface area contributed by atoms with Crippen molar-refractivity contribution in [1.82, 2.24) is 5.32 Å². The second-order valence-electron chi connectivity index (χ2n) is 5.60. The number of carbonyl (C=O) groups excluding carboxylic acids is 1. The van der Waals surface area contributed by atoms with E-state index in [1.165, 1.54) is 18.2 Å². The van der Waals surface area contributed by atoms with Gasteiger partial charge in [-0.05, 0) is 18.4 Å². The number of halogens is 1. The Morgan fingerprint density at radius 1 is 1.38 bits per heavy atom. The van der Waals surface area contributed by atoms with Gasteiger partial charge >= 0.3 is 6.03 Å². The molecule has 6 nitrogen and oxygen atoms in total. The van der Waals surface area contributed by atoms with Crippen LogP contribution in [0.3, 0.4) is 0 Å². The third-order valence-corrected chi connectivity index (χ3v) is 3.34. The zero-order chi connectivity index (χ0) is 16.2. The first-order valence-corrected chi connectivity index (χ1v) is 6.68. The summed E-state index contributed by atoms with van der Waals surface area (Å²) in [5, 5.41) is 16.0. The normalized spacial score (nSPS) is 12.0. The summed E-state index contributed by atoms with van der Waals surface area (Å²) in [5.74, 6) is 0. The third-order valence-electron chi connectivity index (χ3n) is 3.01. The Hall–Kier alpha value is -2.08. The van der Waals surface area contributed by atoms with Crippen LogP contribution in [0.1, 0.15) is 27.7 Å². The Bertz CT molecular complexity index is 592. The first kappa shape index (κ1) is 17.0. The molecule has 1 aromatic rings. The number of allylic oxidation sites excluding steroid dienone is 1. The van der Waals surface area contributed by atoms with Crippen molar-refractivity contribution in [3.8, 4) is 0 Å². The Balaban J connectivity index is 2.80. The number of hydrogen-bond donors (Lipinski definition) is 2. The number of benzene rings is 1. The summed E-state index contributed by atoms with van der Waals surface area (Å²) < 4.78 is 0. The molecule has 0 aliphatic carbocycles. The van der Waals surface area contributed by atoms with E-state index in [9.17, 15) is 14.9 Å². The van der Waals surface area contributed by atoms with E-state index in [-0.39, 0.29) is 21.8 Å². The lowest BCUT2D eigenvalue weighted by molar-refractivity contribution is -0.384. The monoisotopic (exact) mass is 311 g/mol. The molecule has 0 saturated heterocycles. The summed E-state index contributed by atoms with van der Waals surface area (Å²) in [5.41, 5.74) is 0.972. The highest BCUT2D eigenvalue weighted by molar-refractivity contribution is 6.33. The van der Waals surface area contributed by atoms with E-state index in [0.717, 1.165) is 5.57 Å². The maximum atomic E-state index is 11.8. The van der Waals surface area contributed by atoms with Gasteiger partial charge in [-0.1, -0.05) is 37.9 Å². The standard InChI is InChI=1S/C14H18ClN3O3/c1-9(14(2,3)4)8-16-13(19)17-12-7-10(18(20)21)5-6-11(12)15/h5-8H,1-4H3,(H2,16,17,19)/b9-8+. The van der Waals surface area contributed by atoms with Crippen LogP contribution in [0.25, 0.3) is 0 Å². The van der Waals surface area contributed by atoms with Gasteiger partial charge in [-0.25, -0.2) is 4.79 Å². The molecule has 2 amide bonds. The Morgan fingerprint density at radius 3 is 2.52 bits per heavy atom. The van der Waals surface area contributed by atoms with Gasteiger partial charge in [0.2, 0.25) is 0 Å². The van der Waals surface area contributed by atoms with Gasteiger partial charge in [-0.2, -0.15) is 0 Å². The van der Waals surface area contributed by atoms with E-state index in [1.54, 1.807) is 6.20 Å². The molecule has 0 bridgehead atoms. The maximum absolute atomic E-state index is 11.8. The predicted octanol–water partition coefficient (Wildman–Crippen LogP) is 4.32. The molecule has 1 aromatic carbocycles. The number of anilines is 1. The number of nitro groups is 1. The van der Waals surface area contributed by atoms with Crippen molar-refractivity contribution in [1.29, 1.82) is 0 Å². The number of rotatable bonds is 3. The number of nitrogens with one attached hydrogen (secondary N) is 2. The fourth-order valence-electron chi connectivity index (χ4n) is 1.27. The number of amides is 2. The van der Waals surface area contributed by atoms with E-state index in [0.29, 0.717) is 0 Å². The van der Waals surface area contributed by atoms with Gasteiger partial charge in [0.15, 0.2) is 0 Å². The van der Waals surface area contributed by atoms with Gasteiger partial charge in [0, 0.05) is 18.3 Å². The van der Waals surface area contributed by atoms with Crippen LogP contribution in [-0.2, 0) is 0 Å². The average Bonchev–Trinajstić information content (AvgIpc) is 2.37. The molecule has 7 heteroatoms. The number of carbonyl (C=O) groups is 1. The molecule has 0 heterocycles. The van der Waals surface area contributed by atoms with Crippen LogP contribution in [0, 0.1) is 15.5 Å². The molecule has 0 fully saturated rings. The lowest BCUT2D eigenvalue weighted by atomic mass is 9.88. The molecular formula is C14H18ClN3O3. The van der Waals surface area contributed by atoms with Gasteiger partial charge in [0.1, 0.15) is 0 Å². The highest BCUT2D eigenvalue weighted by Crippen LogP contribution is 2.27. The quantitative estimate of drug-likeness (QED) is 0.644. The average molecular weight is 312 g/mol. The van der Waals surface area contributed by atoms with Crippen molar-refractivity contribution in [2.45, 2.75) is 27.7 Å². The molecule has 0 unspecified atom stereocenters. The minimum Gasteiger partial charge on any atom is -0.314 e. The first-order chi connectivity index (χ1) is 9.61. The van der Waals surface area contributed by atoms with Gasteiger partial charge < -0.3 is 10.6 Å². The molecule has 0 aromatic heterocycles. The van der Waals surface area contributed by atoms with Crippen molar-refractivity contribution in [3.05, 3.63) is 45.1 Å². The molecule has 21 heavy (non-hydrogen) atoms. The van der Waals surface area contributed by atoms with Gasteiger partial charge in [-0.15, -0.1) is 0 Å². The lowest BCUT2D eigenvalue weighted by Crippen LogP contribution is -2.25. The number of non-ortho nitro benzene ring substituents is 1. The zero-order valence-corrected chi connectivity index (χ0v) is 13.1. The van der Waals surface area contributed by atoms with Crippen LogP contribution < -0.4 is 10.6 Å². The van der Waals surface area contributed by atoms with Crippen molar-refractivity contribution in [3.63, 3.8) is 0 Å². The van der Waals surface area contributed by atoms with Crippen LogP contribution in [-0.4, -0.2) is 11.0 Å². The van der Waals surface area contributed by atoms with E-state index in [2.05, 4.69) is 10.6 Å². The van der Waals surface area contributed by atoms with Gasteiger partial charge in [0.25, 0.3) is 5.69 Å². The van der Waals surface area contributed by atoms with Gasteiger partial charge in [-0.3, -0.25) is 10.1 Å². The van der Waals surface area contributed by atoms with Crippen LogP contribution in [0.2, 0.25) is 5.02 Å². The second kappa shape index (κ2) is 6.58. The summed E-state index contributed by atoms with van der Waals surface area (Å²) >= 11 is 5.90. The molecular weight excluding hydrogens is 294 g/mol. The van der Waals surface area contributed by atoms with E-state index in [4.69, 9.17) is 11.6 Å². The molecule has 0 radical (unpaired) electrons. The second-order valence-corrected chi connectivity index (χ2v) is 6.00. The Kier molecular flexibility index (Phi) is 5.32. The summed E-state index contributed by atoms with van der Waals surface area (Å²) in [6, 6.07) is 3.34. The van der Waals surface area contributed by atoms with Gasteiger partial charge in [0.05, 0.1) is 15.6 Å². The van der Waals surface area contributed by atoms with E-state index >= 15 is 0 Å². The summed E-state index contributed by atoms with van der Waals surface area (Å²) in [6.07, 6.45) is 1.60. The summed E-state index contributed by atoms with van der Waals surface area (Å²) in [4.78, 5) is 21.9. The maximum Gasteiger partial charge on any atom is 0.323 e. The number of hydrogen-bond acceptors (Lipinski definition) is 3. The van der Waals surface area contributed by atoms with Crippen LogP contribution in [0.15, 0.2) is 30.0 Å². The largest absolute Gasteiger partial charge is 0.323 e. The first-order valence-electron chi connectivity index (χ1n) is 6.30. The summed E-state index contributed by atoms with van der Waals surface area (Å²) in [7, 11) is 0. The highest BCUT2D eigenvalue weighted by Gasteiger charge is 2.14. The van der Waals surface area contributed by atoms with Crippen LogP contribution >= 0.6 is 11.6 Å². The molecule has 2 N–H and O–H groups in total. The Labute approximate surface area is 128 Å². The van der Waals surface area contributed by atoms with E-state index < -0.39 is 11.0 Å². The fraction of sp³-hybridized carbons (Fsp3) is 0.357. The van der Waals surface area contributed by atoms with Crippen molar-refractivity contribution < 1.29 is 9.72 Å². The van der Waals surface area contributed by atoms with Crippen molar-refractivity contribution in [2.24, 2.45) is 5.41 Å². The fourth-order valence-corrected chi connectivity index (χ4v) is 1.44. The number of urea groups is 1. The molecule has 0 spiro atoms. The SMILES string of the molecule is C/C(=C\NC(=O)Nc1cc([N+](=O)[O-])ccc1Cl)C(C)(C)C. The number of nitrogens with zero attached hydrogens (tertiary/aromatic N) is 1. The predicted molar refractivity (Wildman–Crippen MR) is 83.5 cm³/mol. The topological polar surface area (TPSA) is 84.3 Å². The number of nitro benzene ring substituents is 1. The van der Waals surface area contributed by atoms with Crippen molar-refractivity contribution in [2.75, 3.05) is 5.32 Å². The zero-order valence-electron chi connectivity index (χ0n) is 12.4. The smallest absolute Gasteiger partial charge is 0.314 e. The Morgan fingerprint density at radius 2 is 2.00 bits per heavy atom. The van der Waals surface area contributed by atoms with Crippen molar-refractivity contribution >= 4 is 29.0 Å². The molecule has 0 saturated carbocycles. The highest BCUT2D eigenvalue weighted by atomic mass is 35.5.